The molecule has 0 unspecified atom stereocenters. The number of nitrogens with zero attached hydrogens (tertiary/aromatic N) is 1. The Kier molecular flexibility index (Phi) is 5.96. The summed E-state index contributed by atoms with van der Waals surface area (Å²) < 4.78 is 15.2. The van der Waals surface area contributed by atoms with Crippen LogP contribution in [0.3, 0.4) is 0 Å². The molecule has 2 aromatic rings. The van der Waals surface area contributed by atoms with Crippen LogP contribution in [0.2, 0.25) is 0 Å². The van der Waals surface area contributed by atoms with E-state index in [0.29, 0.717) is 28.3 Å². The topological polar surface area (TPSA) is 97.6 Å². The number of nitriles is 1. The smallest absolute Gasteiger partial charge is 0.337 e. The van der Waals surface area contributed by atoms with Crippen LogP contribution in [-0.2, 0) is 9.53 Å². The molecule has 0 aliphatic heterocycles. The monoisotopic (exact) mass is 340 g/mol. The highest BCUT2D eigenvalue weighted by Crippen LogP contribution is 2.27. The maximum Gasteiger partial charge on any atom is 0.337 e. The van der Waals surface area contributed by atoms with E-state index in [2.05, 4.69) is 10.1 Å². The lowest BCUT2D eigenvalue weighted by atomic mass is 10.2. The number of amides is 1. The third-order valence-corrected chi connectivity index (χ3v) is 3.24. The molecule has 128 valence electrons. The predicted octanol–water partition coefficient (Wildman–Crippen LogP) is 2.37. The molecule has 0 aliphatic carbocycles. The van der Waals surface area contributed by atoms with E-state index in [-0.39, 0.29) is 12.5 Å². The standard InChI is InChI=1S/C18H16N2O5/c1-23-16-9-12(10-19)3-8-15(16)25-11-17(21)20-14-6-4-13(5-7-14)18(22)24-2/h3-9H,11H2,1-2H3,(H,20,21). The number of carbonyl (C=O) groups is 2. The fourth-order valence-corrected chi connectivity index (χ4v) is 2.00. The first-order valence-corrected chi connectivity index (χ1v) is 7.26. The molecular weight excluding hydrogens is 324 g/mol. The van der Waals surface area contributed by atoms with E-state index in [1.165, 1.54) is 20.3 Å². The highest BCUT2D eigenvalue weighted by Gasteiger charge is 2.10. The number of ether oxygens (including phenoxy) is 3. The van der Waals surface area contributed by atoms with Gasteiger partial charge >= 0.3 is 5.97 Å². The fourth-order valence-electron chi connectivity index (χ4n) is 2.00. The minimum Gasteiger partial charge on any atom is -0.493 e. The van der Waals surface area contributed by atoms with Crippen LogP contribution in [0.1, 0.15) is 15.9 Å². The molecule has 2 rings (SSSR count). The predicted molar refractivity (Wildman–Crippen MR) is 89.6 cm³/mol. The molecule has 1 amide bonds. The van der Waals surface area contributed by atoms with Gasteiger partial charge in [-0.3, -0.25) is 4.79 Å². The molecule has 0 bridgehead atoms. The minimum atomic E-state index is -0.450. The second kappa shape index (κ2) is 8.36. The van der Waals surface area contributed by atoms with Crippen molar-refractivity contribution >= 4 is 17.6 Å². The molecule has 1 N–H and O–H groups in total. The van der Waals surface area contributed by atoms with Crippen molar-refractivity contribution < 1.29 is 23.8 Å². The zero-order valence-corrected chi connectivity index (χ0v) is 13.7. The van der Waals surface area contributed by atoms with Gasteiger partial charge in [-0.2, -0.15) is 5.26 Å². The molecule has 0 aromatic heterocycles. The number of nitrogens with one attached hydrogen (secondary N) is 1. The summed E-state index contributed by atoms with van der Waals surface area (Å²) in [7, 11) is 2.75. The van der Waals surface area contributed by atoms with Crippen LogP contribution in [0, 0.1) is 11.3 Å². The number of rotatable bonds is 6. The van der Waals surface area contributed by atoms with Gasteiger partial charge in [-0.25, -0.2) is 4.79 Å². The summed E-state index contributed by atoms with van der Waals surface area (Å²) in [6.07, 6.45) is 0. The summed E-state index contributed by atoms with van der Waals surface area (Å²) in [6.45, 7) is -0.235. The van der Waals surface area contributed by atoms with Crippen molar-refractivity contribution in [1.29, 1.82) is 5.26 Å². The Balaban J connectivity index is 1.95. The average molecular weight is 340 g/mol. The molecule has 0 saturated heterocycles. The van der Waals surface area contributed by atoms with Crippen molar-refractivity contribution in [2.24, 2.45) is 0 Å². The molecule has 7 nitrogen and oxygen atoms in total. The highest BCUT2D eigenvalue weighted by atomic mass is 16.5. The number of carbonyl (C=O) groups excluding carboxylic acids is 2. The molecule has 25 heavy (non-hydrogen) atoms. The summed E-state index contributed by atoms with van der Waals surface area (Å²) in [5.41, 5.74) is 1.34. The second-order valence-corrected chi connectivity index (χ2v) is 4.88. The van der Waals surface area contributed by atoms with Gasteiger partial charge in [-0.05, 0) is 36.4 Å². The summed E-state index contributed by atoms with van der Waals surface area (Å²) in [4.78, 5) is 23.3. The Morgan fingerprint density at radius 1 is 1.08 bits per heavy atom. The van der Waals surface area contributed by atoms with Crippen molar-refractivity contribution in [1.82, 2.24) is 0 Å². The number of hydrogen-bond donors (Lipinski definition) is 1. The third kappa shape index (κ3) is 4.72. The van der Waals surface area contributed by atoms with Gasteiger partial charge in [0.25, 0.3) is 5.91 Å². The zero-order chi connectivity index (χ0) is 18.2. The first kappa shape index (κ1) is 17.8. The van der Waals surface area contributed by atoms with Gasteiger partial charge in [0.15, 0.2) is 18.1 Å². The maximum atomic E-state index is 12.0. The Labute approximate surface area is 144 Å². The van der Waals surface area contributed by atoms with Crippen molar-refractivity contribution in [3.63, 3.8) is 0 Å². The number of anilines is 1. The van der Waals surface area contributed by atoms with E-state index >= 15 is 0 Å². The quantitative estimate of drug-likeness (QED) is 0.811. The van der Waals surface area contributed by atoms with E-state index in [9.17, 15) is 9.59 Å². The van der Waals surface area contributed by atoms with Crippen LogP contribution in [0.25, 0.3) is 0 Å². The van der Waals surface area contributed by atoms with Gasteiger partial charge in [0.1, 0.15) is 0 Å². The van der Waals surface area contributed by atoms with Crippen LogP contribution in [0.5, 0.6) is 11.5 Å². The van der Waals surface area contributed by atoms with Gasteiger partial charge in [-0.15, -0.1) is 0 Å². The Morgan fingerprint density at radius 2 is 1.80 bits per heavy atom. The zero-order valence-electron chi connectivity index (χ0n) is 13.7. The second-order valence-electron chi connectivity index (χ2n) is 4.88. The van der Waals surface area contributed by atoms with E-state index in [0.717, 1.165) is 0 Å². The van der Waals surface area contributed by atoms with E-state index in [1.807, 2.05) is 6.07 Å². The van der Waals surface area contributed by atoms with Gasteiger partial charge in [0.05, 0.1) is 31.4 Å². The summed E-state index contributed by atoms with van der Waals surface area (Å²) >= 11 is 0. The average Bonchev–Trinajstić information content (AvgIpc) is 2.66. The summed E-state index contributed by atoms with van der Waals surface area (Å²) in [5, 5.41) is 11.5. The Hall–Kier alpha value is -3.53. The van der Waals surface area contributed by atoms with Gasteiger partial charge in [-0.1, -0.05) is 0 Å². The van der Waals surface area contributed by atoms with Gasteiger partial charge < -0.3 is 19.5 Å². The molecular formula is C18H16N2O5. The van der Waals surface area contributed by atoms with Crippen molar-refractivity contribution in [2.45, 2.75) is 0 Å². The molecule has 7 heteroatoms. The van der Waals surface area contributed by atoms with E-state index in [4.69, 9.17) is 14.7 Å². The molecule has 2 aromatic carbocycles. The number of hydrogen-bond acceptors (Lipinski definition) is 6. The van der Waals surface area contributed by atoms with Crippen LogP contribution in [0.4, 0.5) is 5.69 Å². The molecule has 0 spiro atoms. The molecule has 0 aliphatic rings. The van der Waals surface area contributed by atoms with Crippen LogP contribution in [0.15, 0.2) is 42.5 Å². The normalized spacial score (nSPS) is 9.64. The Bertz CT molecular complexity index is 809. The third-order valence-electron chi connectivity index (χ3n) is 3.24. The number of benzene rings is 2. The first-order chi connectivity index (χ1) is 12.1. The van der Waals surface area contributed by atoms with Crippen LogP contribution < -0.4 is 14.8 Å². The summed E-state index contributed by atoms with van der Waals surface area (Å²) in [6, 6.07) is 12.9. The van der Waals surface area contributed by atoms with Crippen LogP contribution >= 0.6 is 0 Å². The molecule has 0 fully saturated rings. The molecule has 0 atom stereocenters. The lowest BCUT2D eigenvalue weighted by Gasteiger charge is -2.11. The lowest BCUT2D eigenvalue weighted by Crippen LogP contribution is -2.20. The number of methoxy groups -OCH3 is 2. The fraction of sp³-hybridized carbons (Fsp3) is 0.167. The molecule has 0 radical (unpaired) electrons. The first-order valence-electron chi connectivity index (χ1n) is 7.26. The van der Waals surface area contributed by atoms with Gasteiger partial charge in [0, 0.05) is 11.8 Å². The minimum absolute atomic E-state index is 0.235. The lowest BCUT2D eigenvalue weighted by molar-refractivity contribution is -0.118. The van der Waals surface area contributed by atoms with E-state index < -0.39 is 5.97 Å². The Morgan fingerprint density at radius 3 is 2.40 bits per heavy atom. The molecule has 0 heterocycles. The van der Waals surface area contributed by atoms with Crippen molar-refractivity contribution in [2.75, 3.05) is 26.1 Å². The maximum absolute atomic E-state index is 12.0. The number of esters is 1. The molecule has 0 saturated carbocycles. The SMILES string of the molecule is COC(=O)c1ccc(NC(=O)COc2ccc(C#N)cc2OC)cc1. The van der Waals surface area contributed by atoms with Crippen molar-refractivity contribution in [3.05, 3.63) is 53.6 Å². The van der Waals surface area contributed by atoms with Crippen LogP contribution in [-0.4, -0.2) is 32.7 Å². The van der Waals surface area contributed by atoms with Crippen molar-refractivity contribution in [3.8, 4) is 17.6 Å². The summed E-state index contributed by atoms with van der Waals surface area (Å²) in [5.74, 6) is -0.0988. The van der Waals surface area contributed by atoms with E-state index in [1.54, 1.807) is 36.4 Å². The largest absolute Gasteiger partial charge is 0.493 e. The highest BCUT2D eigenvalue weighted by molar-refractivity contribution is 5.93. The van der Waals surface area contributed by atoms with Gasteiger partial charge in [0.2, 0.25) is 0 Å².